The Morgan fingerprint density at radius 3 is 0.824 bits per heavy atom. The van der Waals surface area contributed by atoms with Crippen LogP contribution in [-0.4, -0.2) is 65.1 Å². The van der Waals surface area contributed by atoms with Crippen molar-refractivity contribution >= 4 is 72.9 Å². The van der Waals surface area contributed by atoms with Crippen molar-refractivity contribution in [3.63, 3.8) is 0 Å². The molecule has 0 amide bonds. The maximum absolute atomic E-state index is 8.55. The third-order valence-electron chi connectivity index (χ3n) is 1.06. The SMILES string of the molecule is CC[CH2][Mg+].CC[CH2][Mg+].CC[CH2][Mg+].O=P([O-])([O-])[O-]. The average molecular weight is 297 g/mol. The topological polar surface area (TPSA) is 86.2 Å². The largest absolute Gasteiger partial charge is 0.822 e. The first-order valence-corrected chi connectivity index (χ1v) is 10.3. The minimum absolute atomic E-state index is 1.33. The van der Waals surface area contributed by atoms with E-state index in [1.165, 1.54) is 32.9 Å². The summed E-state index contributed by atoms with van der Waals surface area (Å²) in [6, 6.07) is 0. The Morgan fingerprint density at radius 2 is 0.824 bits per heavy atom. The Morgan fingerprint density at radius 1 is 0.765 bits per heavy atom. The van der Waals surface area contributed by atoms with E-state index in [1.807, 2.05) is 65.1 Å². The summed E-state index contributed by atoms with van der Waals surface area (Å²) in [4.78, 5) is 25.6. The summed E-state index contributed by atoms with van der Waals surface area (Å²) >= 11 is 6.07. The molecule has 0 saturated carbocycles. The van der Waals surface area contributed by atoms with Crippen molar-refractivity contribution < 1.29 is 19.2 Å². The van der Waals surface area contributed by atoms with Gasteiger partial charge in [0.25, 0.3) is 0 Å². The average Bonchev–Trinajstić information content (AvgIpc) is 2.27. The third kappa shape index (κ3) is 169. The van der Waals surface area contributed by atoms with Crippen molar-refractivity contribution in [2.45, 2.75) is 53.7 Å². The second kappa shape index (κ2) is 26.9. The summed E-state index contributed by atoms with van der Waals surface area (Å²) in [6.45, 7) is 6.56. The van der Waals surface area contributed by atoms with Crippen LogP contribution < -0.4 is 14.7 Å². The van der Waals surface area contributed by atoms with Gasteiger partial charge in [-0.2, -0.15) is 7.82 Å². The second-order valence-corrected chi connectivity index (χ2v) is 6.02. The maximum atomic E-state index is 8.55. The summed E-state index contributed by atoms with van der Waals surface area (Å²) in [5.41, 5.74) is 0. The molecule has 0 spiro atoms. The van der Waals surface area contributed by atoms with Gasteiger partial charge in [-0.15, -0.1) is 0 Å². The molecule has 92 valence electrons. The molecule has 0 heterocycles. The molecular weight excluding hydrogens is 276 g/mol. The van der Waals surface area contributed by atoms with Crippen LogP contribution in [0.25, 0.3) is 0 Å². The van der Waals surface area contributed by atoms with Gasteiger partial charge in [0.2, 0.25) is 0 Å². The van der Waals surface area contributed by atoms with Crippen LogP contribution >= 0.6 is 7.82 Å². The molecule has 0 aromatic rings. The van der Waals surface area contributed by atoms with E-state index in [0.717, 1.165) is 0 Å². The van der Waals surface area contributed by atoms with Crippen molar-refractivity contribution in [1.82, 2.24) is 0 Å². The summed E-state index contributed by atoms with van der Waals surface area (Å²) in [7, 11) is -5.39. The molecule has 17 heavy (non-hydrogen) atoms. The first-order chi connectivity index (χ1) is 7.74. The minimum Gasteiger partial charge on any atom is -0.822 e. The van der Waals surface area contributed by atoms with E-state index < -0.39 is 7.82 Å². The van der Waals surface area contributed by atoms with Crippen LogP contribution in [0, 0.1) is 0 Å². The predicted molar refractivity (Wildman–Crippen MR) is 70.2 cm³/mol. The Kier molecular flexibility index (Phi) is 43.8. The molecule has 0 aromatic heterocycles. The zero-order chi connectivity index (χ0) is 14.7. The maximum Gasteiger partial charge on any atom is -0.159 e. The fraction of sp³-hybridized carbons (Fsp3) is 1.00. The van der Waals surface area contributed by atoms with E-state index in [-0.39, 0.29) is 0 Å². The fourth-order valence-corrected chi connectivity index (χ4v) is 0. The van der Waals surface area contributed by atoms with E-state index in [0.29, 0.717) is 0 Å². The zero-order valence-electron chi connectivity index (χ0n) is 11.4. The van der Waals surface area contributed by atoms with E-state index in [4.69, 9.17) is 19.2 Å². The quantitative estimate of drug-likeness (QED) is 0.547. The van der Waals surface area contributed by atoms with Gasteiger partial charge in [0.05, 0.1) is 0 Å². The van der Waals surface area contributed by atoms with Gasteiger partial charge >= 0.3 is 119 Å². The van der Waals surface area contributed by atoms with Crippen LogP contribution in [-0.2, 0) is 4.57 Å². The normalized spacial score (nSPS) is 8.94. The van der Waals surface area contributed by atoms with Crippen molar-refractivity contribution in [2.75, 3.05) is 0 Å². The molecule has 0 unspecified atom stereocenters. The van der Waals surface area contributed by atoms with Crippen LogP contribution in [0.1, 0.15) is 40.0 Å². The number of phosphoric acid groups is 1. The molecule has 0 aliphatic carbocycles. The molecule has 0 N–H and O–H groups in total. The van der Waals surface area contributed by atoms with Crippen molar-refractivity contribution in [3.8, 4) is 0 Å². The fourth-order valence-electron chi connectivity index (χ4n) is 0. The number of hydrogen-bond acceptors (Lipinski definition) is 4. The number of rotatable bonds is 3. The molecule has 0 rings (SSSR count). The van der Waals surface area contributed by atoms with Crippen LogP contribution in [0.2, 0.25) is 13.7 Å². The summed E-state index contributed by atoms with van der Waals surface area (Å²) < 4.78 is 12.6. The van der Waals surface area contributed by atoms with Gasteiger partial charge in [-0.1, -0.05) is 0 Å². The molecule has 0 saturated heterocycles. The van der Waals surface area contributed by atoms with Crippen molar-refractivity contribution in [1.29, 1.82) is 0 Å². The van der Waals surface area contributed by atoms with Crippen LogP contribution in [0.4, 0.5) is 0 Å². The van der Waals surface area contributed by atoms with Gasteiger partial charge in [-0.3, -0.25) is 0 Å². The standard InChI is InChI=1S/3C3H7.3Mg.H3O4P/c3*1-3-2;;;;1-5(2,3)4/h3*1,3H2,2H3;;;;(H3,1,2,3,4)/q;;;3*+1;/p-3. The number of hydrogen-bond donors (Lipinski definition) is 0. The van der Waals surface area contributed by atoms with Crippen LogP contribution in [0.3, 0.4) is 0 Å². The Labute approximate surface area is 144 Å². The third-order valence-corrected chi connectivity index (χ3v) is 3.18. The van der Waals surface area contributed by atoms with Gasteiger partial charge in [0.1, 0.15) is 0 Å². The van der Waals surface area contributed by atoms with Gasteiger partial charge < -0.3 is 19.2 Å². The first-order valence-electron chi connectivity index (χ1n) is 5.85. The molecule has 0 radical (unpaired) electrons. The van der Waals surface area contributed by atoms with Crippen LogP contribution in [0.5, 0.6) is 0 Å². The molecule has 0 aliphatic heterocycles. The van der Waals surface area contributed by atoms with Gasteiger partial charge in [0.15, 0.2) is 0 Å². The second-order valence-electron chi connectivity index (χ2n) is 3.01. The first kappa shape index (κ1) is 27.7. The molecular formula is C9H21Mg3O4P. The predicted octanol–water partition coefficient (Wildman–Crippen LogP) is 0.125. The van der Waals surface area contributed by atoms with Crippen LogP contribution in [0.15, 0.2) is 0 Å². The molecule has 0 fully saturated rings. The smallest absolute Gasteiger partial charge is 0.159 e. The molecule has 0 atom stereocenters. The van der Waals surface area contributed by atoms with Crippen molar-refractivity contribution in [2.24, 2.45) is 0 Å². The summed E-state index contributed by atoms with van der Waals surface area (Å²) in [5, 5.41) is 0. The van der Waals surface area contributed by atoms with Gasteiger partial charge in [-0.25, -0.2) is 0 Å². The summed E-state index contributed by atoms with van der Waals surface area (Å²) in [5.74, 6) is 0. The van der Waals surface area contributed by atoms with E-state index >= 15 is 0 Å². The van der Waals surface area contributed by atoms with Gasteiger partial charge in [-0.05, 0) is 0 Å². The molecule has 0 bridgehead atoms. The van der Waals surface area contributed by atoms with E-state index in [9.17, 15) is 0 Å². The van der Waals surface area contributed by atoms with Crippen molar-refractivity contribution in [3.05, 3.63) is 0 Å². The van der Waals surface area contributed by atoms with E-state index in [2.05, 4.69) is 20.8 Å². The Hall–Kier alpha value is 2.41. The minimum atomic E-state index is -5.39. The Bertz CT molecular complexity index is 120. The Balaban J connectivity index is -0.0000000667. The van der Waals surface area contributed by atoms with Gasteiger partial charge in [0, 0.05) is 0 Å². The molecule has 8 heteroatoms. The summed E-state index contributed by atoms with van der Waals surface area (Å²) in [6.07, 6.45) is 4.00. The molecule has 0 aliphatic rings. The molecule has 0 aromatic carbocycles. The monoisotopic (exact) mass is 296 g/mol. The molecule has 4 nitrogen and oxygen atoms in total. The van der Waals surface area contributed by atoms with E-state index in [1.54, 1.807) is 0 Å². The zero-order valence-corrected chi connectivity index (χ0v) is 16.6.